The molecular weight excluding hydrogens is 321 g/mol. The number of pyridine rings is 1. The van der Waals surface area contributed by atoms with Crippen molar-refractivity contribution in [3.05, 3.63) is 65.7 Å². The van der Waals surface area contributed by atoms with Gasteiger partial charge in [-0.3, -0.25) is 14.6 Å². The van der Waals surface area contributed by atoms with Gasteiger partial charge in [0.15, 0.2) is 0 Å². The highest BCUT2D eigenvalue weighted by molar-refractivity contribution is 5.87. The van der Waals surface area contributed by atoms with E-state index in [1.165, 1.54) is 19.1 Å². The van der Waals surface area contributed by atoms with Crippen LogP contribution in [0.2, 0.25) is 0 Å². The van der Waals surface area contributed by atoms with E-state index in [0.29, 0.717) is 37.4 Å². The summed E-state index contributed by atoms with van der Waals surface area (Å²) < 4.78 is 13.3. The van der Waals surface area contributed by atoms with E-state index in [4.69, 9.17) is 0 Å². The Bertz CT molecular complexity index is 741. The van der Waals surface area contributed by atoms with Crippen molar-refractivity contribution in [3.63, 3.8) is 0 Å². The molecule has 3 rings (SSSR count). The maximum atomic E-state index is 13.3. The zero-order valence-electron chi connectivity index (χ0n) is 14.1. The minimum absolute atomic E-state index is 0.0203. The molecule has 1 aromatic carbocycles. The summed E-state index contributed by atoms with van der Waals surface area (Å²) in [5.41, 5.74) is 1.34. The Kier molecular flexibility index (Phi) is 5.07. The third-order valence-electron chi connectivity index (χ3n) is 4.47. The first-order chi connectivity index (χ1) is 12.1. The van der Waals surface area contributed by atoms with E-state index in [9.17, 15) is 14.0 Å². The topological polar surface area (TPSA) is 53.5 Å². The zero-order chi connectivity index (χ0) is 17.8. The molecule has 25 heavy (non-hydrogen) atoms. The van der Waals surface area contributed by atoms with Crippen LogP contribution in [0.25, 0.3) is 0 Å². The van der Waals surface area contributed by atoms with Crippen molar-refractivity contribution in [2.45, 2.75) is 12.8 Å². The predicted octanol–water partition coefficient (Wildman–Crippen LogP) is 2.04. The molecule has 0 bridgehead atoms. The molecule has 5 nitrogen and oxygen atoms in total. The highest BCUT2D eigenvalue weighted by Crippen LogP contribution is 2.26. The van der Waals surface area contributed by atoms with E-state index in [1.807, 2.05) is 6.07 Å². The Morgan fingerprint density at radius 3 is 2.20 bits per heavy atom. The summed E-state index contributed by atoms with van der Waals surface area (Å²) >= 11 is 0. The number of nitrogens with zero attached hydrogens (tertiary/aromatic N) is 3. The SMILES string of the molecule is CC(=O)N1CCN(C(=O)C(c2ccc(F)cc2)c2ccccn2)CC1. The van der Waals surface area contributed by atoms with Crippen LogP contribution in [0.4, 0.5) is 4.39 Å². The van der Waals surface area contributed by atoms with Crippen LogP contribution in [-0.2, 0) is 9.59 Å². The highest BCUT2D eigenvalue weighted by atomic mass is 19.1. The monoisotopic (exact) mass is 341 g/mol. The number of aromatic nitrogens is 1. The van der Waals surface area contributed by atoms with Crippen LogP contribution in [0.1, 0.15) is 24.1 Å². The normalized spacial score (nSPS) is 15.8. The molecular formula is C19H20FN3O2. The number of halogens is 1. The maximum absolute atomic E-state index is 13.3. The van der Waals surface area contributed by atoms with Crippen LogP contribution in [0.5, 0.6) is 0 Å². The fourth-order valence-electron chi connectivity index (χ4n) is 3.07. The molecule has 1 aromatic heterocycles. The molecule has 1 aliphatic rings. The van der Waals surface area contributed by atoms with Crippen LogP contribution in [0, 0.1) is 5.82 Å². The molecule has 1 saturated heterocycles. The number of hydrogen-bond donors (Lipinski definition) is 0. The summed E-state index contributed by atoms with van der Waals surface area (Å²) in [6.45, 7) is 3.57. The van der Waals surface area contributed by atoms with Crippen molar-refractivity contribution < 1.29 is 14.0 Å². The number of amides is 2. The van der Waals surface area contributed by atoms with E-state index in [-0.39, 0.29) is 17.6 Å². The van der Waals surface area contributed by atoms with Gasteiger partial charge >= 0.3 is 0 Å². The summed E-state index contributed by atoms with van der Waals surface area (Å²) in [7, 11) is 0. The summed E-state index contributed by atoms with van der Waals surface area (Å²) in [6.07, 6.45) is 1.65. The standard InChI is InChI=1S/C19H20FN3O2/c1-14(24)22-10-12-23(13-11-22)19(25)18(17-4-2-3-9-21-17)15-5-7-16(20)8-6-15/h2-9,18H,10-13H2,1H3. The van der Waals surface area contributed by atoms with Crippen molar-refractivity contribution in [1.29, 1.82) is 0 Å². The Hall–Kier alpha value is -2.76. The molecule has 1 unspecified atom stereocenters. The largest absolute Gasteiger partial charge is 0.339 e. The fraction of sp³-hybridized carbons (Fsp3) is 0.316. The van der Waals surface area contributed by atoms with Crippen molar-refractivity contribution >= 4 is 11.8 Å². The van der Waals surface area contributed by atoms with Gasteiger partial charge in [-0.05, 0) is 29.8 Å². The molecule has 0 N–H and O–H groups in total. The van der Waals surface area contributed by atoms with Crippen molar-refractivity contribution in [3.8, 4) is 0 Å². The van der Waals surface area contributed by atoms with Crippen molar-refractivity contribution in [2.24, 2.45) is 0 Å². The van der Waals surface area contributed by atoms with Gasteiger partial charge in [0, 0.05) is 39.3 Å². The Balaban J connectivity index is 1.86. The molecule has 0 spiro atoms. The first-order valence-electron chi connectivity index (χ1n) is 8.27. The van der Waals surface area contributed by atoms with Gasteiger partial charge in [0.05, 0.1) is 5.69 Å². The summed E-state index contributed by atoms with van der Waals surface area (Å²) in [5.74, 6) is -0.975. The van der Waals surface area contributed by atoms with Gasteiger partial charge in [0.2, 0.25) is 11.8 Å². The van der Waals surface area contributed by atoms with Crippen LogP contribution in [0.15, 0.2) is 48.7 Å². The number of rotatable bonds is 3. The van der Waals surface area contributed by atoms with Gasteiger partial charge in [-0.25, -0.2) is 4.39 Å². The highest BCUT2D eigenvalue weighted by Gasteiger charge is 2.31. The summed E-state index contributed by atoms with van der Waals surface area (Å²) in [6, 6.07) is 11.4. The zero-order valence-corrected chi connectivity index (χ0v) is 14.1. The Labute approximate surface area is 146 Å². The van der Waals surface area contributed by atoms with E-state index >= 15 is 0 Å². The Morgan fingerprint density at radius 1 is 1.00 bits per heavy atom. The molecule has 1 atom stereocenters. The van der Waals surface area contributed by atoms with Gasteiger partial charge in [-0.1, -0.05) is 18.2 Å². The van der Waals surface area contributed by atoms with Gasteiger partial charge in [0.25, 0.3) is 0 Å². The third-order valence-corrected chi connectivity index (χ3v) is 4.47. The lowest BCUT2D eigenvalue weighted by atomic mass is 9.93. The third kappa shape index (κ3) is 3.84. The van der Waals surface area contributed by atoms with Crippen LogP contribution >= 0.6 is 0 Å². The van der Waals surface area contributed by atoms with Gasteiger partial charge in [-0.2, -0.15) is 0 Å². The first kappa shape index (κ1) is 17.1. The lowest BCUT2D eigenvalue weighted by molar-refractivity contribution is -0.138. The molecule has 130 valence electrons. The summed E-state index contributed by atoms with van der Waals surface area (Å²) in [5, 5.41) is 0. The number of carbonyl (C=O) groups is 2. The van der Waals surface area contributed by atoms with Crippen LogP contribution in [0.3, 0.4) is 0 Å². The molecule has 1 aliphatic heterocycles. The summed E-state index contributed by atoms with van der Waals surface area (Å²) in [4.78, 5) is 32.4. The smallest absolute Gasteiger partial charge is 0.236 e. The second-order valence-electron chi connectivity index (χ2n) is 6.07. The van der Waals surface area contributed by atoms with Crippen molar-refractivity contribution in [2.75, 3.05) is 26.2 Å². The Morgan fingerprint density at radius 2 is 1.64 bits per heavy atom. The molecule has 2 amide bonds. The van der Waals surface area contributed by atoms with Gasteiger partial charge in [0.1, 0.15) is 11.7 Å². The van der Waals surface area contributed by atoms with Gasteiger partial charge < -0.3 is 9.80 Å². The molecule has 0 saturated carbocycles. The van der Waals surface area contributed by atoms with Crippen molar-refractivity contribution in [1.82, 2.24) is 14.8 Å². The molecule has 2 aromatic rings. The molecule has 0 aliphatic carbocycles. The van der Waals surface area contributed by atoms with E-state index in [0.717, 1.165) is 0 Å². The lowest BCUT2D eigenvalue weighted by Gasteiger charge is -2.36. The quantitative estimate of drug-likeness (QED) is 0.858. The van der Waals surface area contributed by atoms with E-state index in [2.05, 4.69) is 4.98 Å². The molecule has 6 heteroatoms. The molecule has 0 radical (unpaired) electrons. The average molecular weight is 341 g/mol. The lowest BCUT2D eigenvalue weighted by Crippen LogP contribution is -2.51. The van der Waals surface area contributed by atoms with E-state index in [1.54, 1.807) is 40.3 Å². The maximum Gasteiger partial charge on any atom is 0.236 e. The number of hydrogen-bond acceptors (Lipinski definition) is 3. The van der Waals surface area contributed by atoms with E-state index < -0.39 is 5.92 Å². The second-order valence-corrected chi connectivity index (χ2v) is 6.07. The van der Waals surface area contributed by atoms with Crippen LogP contribution in [-0.4, -0.2) is 52.8 Å². The van der Waals surface area contributed by atoms with Crippen LogP contribution < -0.4 is 0 Å². The number of carbonyl (C=O) groups excluding carboxylic acids is 2. The number of piperazine rings is 1. The van der Waals surface area contributed by atoms with Gasteiger partial charge in [-0.15, -0.1) is 0 Å². The predicted molar refractivity (Wildman–Crippen MR) is 91.3 cm³/mol. The minimum Gasteiger partial charge on any atom is -0.339 e. The molecule has 1 fully saturated rings. The molecule has 2 heterocycles. The number of benzene rings is 1. The fourth-order valence-corrected chi connectivity index (χ4v) is 3.07. The minimum atomic E-state index is -0.578. The second kappa shape index (κ2) is 7.42. The average Bonchev–Trinajstić information content (AvgIpc) is 2.64. The first-order valence-corrected chi connectivity index (χ1v) is 8.27.